The predicted octanol–water partition coefficient (Wildman–Crippen LogP) is 2.50. The zero-order valence-corrected chi connectivity index (χ0v) is 13.8. The molecule has 0 aliphatic heterocycles. The molecular weight excluding hydrogens is 304 g/mol. The van der Waals surface area contributed by atoms with Crippen molar-refractivity contribution in [3.8, 4) is 11.5 Å². The van der Waals surface area contributed by atoms with Crippen molar-refractivity contribution in [3.05, 3.63) is 27.3 Å². The third kappa shape index (κ3) is 3.31. The van der Waals surface area contributed by atoms with E-state index in [1.807, 2.05) is 6.92 Å². The first-order chi connectivity index (χ1) is 10.6. The van der Waals surface area contributed by atoms with Crippen LogP contribution in [0.15, 0.2) is 16.9 Å². The van der Waals surface area contributed by atoms with Crippen LogP contribution in [0, 0.1) is 4.77 Å². The minimum absolute atomic E-state index is 0.142. The number of aromatic amines is 1. The van der Waals surface area contributed by atoms with Crippen molar-refractivity contribution in [2.24, 2.45) is 0 Å². The third-order valence-electron chi connectivity index (χ3n) is 3.36. The highest BCUT2D eigenvalue weighted by molar-refractivity contribution is 7.71. The summed E-state index contributed by atoms with van der Waals surface area (Å²) < 4.78 is 17.7. The van der Waals surface area contributed by atoms with E-state index in [0.717, 1.165) is 6.42 Å². The molecule has 120 valence electrons. The van der Waals surface area contributed by atoms with E-state index in [0.29, 0.717) is 46.9 Å². The van der Waals surface area contributed by atoms with Crippen LogP contribution in [0.3, 0.4) is 0 Å². The second-order valence-corrected chi connectivity index (χ2v) is 5.08. The Morgan fingerprint density at radius 1 is 1.23 bits per heavy atom. The molecule has 6 nitrogen and oxygen atoms in total. The van der Waals surface area contributed by atoms with E-state index in [9.17, 15) is 4.79 Å². The van der Waals surface area contributed by atoms with Gasteiger partial charge in [0.25, 0.3) is 5.56 Å². The van der Waals surface area contributed by atoms with Gasteiger partial charge >= 0.3 is 0 Å². The van der Waals surface area contributed by atoms with Crippen LogP contribution in [0.25, 0.3) is 10.9 Å². The number of nitrogens with zero attached hydrogens (tertiary/aromatic N) is 1. The molecule has 1 heterocycles. The number of hydrogen-bond acceptors (Lipinski definition) is 5. The minimum Gasteiger partial charge on any atom is -0.493 e. The summed E-state index contributed by atoms with van der Waals surface area (Å²) >= 11 is 5.28. The lowest BCUT2D eigenvalue weighted by molar-refractivity contribution is 0.141. The van der Waals surface area contributed by atoms with Gasteiger partial charge in [-0.25, -0.2) is 0 Å². The Labute approximate surface area is 133 Å². The highest BCUT2D eigenvalue weighted by atomic mass is 32.1. The summed E-state index contributed by atoms with van der Waals surface area (Å²) in [5, 5.41) is 0.516. The Morgan fingerprint density at radius 3 is 2.55 bits per heavy atom. The zero-order chi connectivity index (χ0) is 16.1. The van der Waals surface area contributed by atoms with Crippen molar-refractivity contribution in [3.63, 3.8) is 0 Å². The second kappa shape index (κ2) is 7.42. The molecule has 0 spiro atoms. The fourth-order valence-corrected chi connectivity index (χ4v) is 2.54. The lowest BCUT2D eigenvalue weighted by Crippen LogP contribution is -2.23. The van der Waals surface area contributed by atoms with E-state index in [-0.39, 0.29) is 5.56 Å². The minimum atomic E-state index is -0.142. The molecule has 0 aliphatic carbocycles. The van der Waals surface area contributed by atoms with Gasteiger partial charge in [0.1, 0.15) is 0 Å². The molecule has 0 aliphatic rings. The van der Waals surface area contributed by atoms with Crippen LogP contribution >= 0.6 is 12.2 Å². The molecule has 0 saturated heterocycles. The van der Waals surface area contributed by atoms with Crippen LogP contribution in [-0.4, -0.2) is 37.0 Å². The van der Waals surface area contributed by atoms with E-state index < -0.39 is 0 Å². The molecule has 2 aromatic rings. The number of nitrogens with one attached hydrogen (secondary N) is 1. The molecule has 0 saturated carbocycles. The number of fused-ring (bicyclic) bond motifs is 1. The number of rotatable bonds is 7. The highest BCUT2D eigenvalue weighted by Gasteiger charge is 2.11. The van der Waals surface area contributed by atoms with Crippen LogP contribution in [0.2, 0.25) is 0 Å². The molecule has 1 N–H and O–H groups in total. The third-order valence-corrected chi connectivity index (χ3v) is 3.68. The van der Waals surface area contributed by atoms with Gasteiger partial charge in [0.05, 0.1) is 25.1 Å². The van der Waals surface area contributed by atoms with Crippen LogP contribution in [0.1, 0.15) is 13.3 Å². The van der Waals surface area contributed by atoms with Crippen molar-refractivity contribution < 1.29 is 14.2 Å². The monoisotopic (exact) mass is 324 g/mol. The van der Waals surface area contributed by atoms with Crippen LogP contribution in [0.5, 0.6) is 11.5 Å². The molecule has 0 bridgehead atoms. The standard InChI is InChI=1S/C15H20N2O4S/c1-4-21-7-5-6-17-14(18)10-8-12(19-2)13(20-3)9-11(10)16-15(17)22/h8-9H,4-7H2,1-3H3,(H,16,22). The fraction of sp³-hybridized carbons (Fsp3) is 0.467. The summed E-state index contributed by atoms with van der Waals surface area (Å²) in [5.74, 6) is 1.06. The quantitative estimate of drug-likeness (QED) is 0.626. The Morgan fingerprint density at radius 2 is 1.91 bits per heavy atom. The predicted molar refractivity (Wildman–Crippen MR) is 87.6 cm³/mol. The summed E-state index contributed by atoms with van der Waals surface area (Å²) in [7, 11) is 3.09. The summed E-state index contributed by atoms with van der Waals surface area (Å²) in [5.41, 5.74) is 0.491. The number of aromatic nitrogens is 2. The Balaban J connectivity index is 2.47. The summed E-state index contributed by atoms with van der Waals surface area (Å²) in [6, 6.07) is 3.39. The molecule has 0 unspecified atom stereocenters. The maximum atomic E-state index is 12.6. The molecule has 1 aromatic carbocycles. The highest BCUT2D eigenvalue weighted by Crippen LogP contribution is 2.29. The molecule has 0 amide bonds. The summed E-state index contributed by atoms with van der Waals surface area (Å²) in [6.45, 7) is 3.71. The lowest BCUT2D eigenvalue weighted by atomic mass is 10.2. The van der Waals surface area contributed by atoms with E-state index in [4.69, 9.17) is 26.4 Å². The van der Waals surface area contributed by atoms with Gasteiger partial charge in [0.2, 0.25) is 0 Å². The normalized spacial score (nSPS) is 10.9. The number of ether oxygens (including phenoxy) is 3. The van der Waals surface area contributed by atoms with Crippen molar-refractivity contribution in [2.75, 3.05) is 27.4 Å². The van der Waals surface area contributed by atoms with E-state index >= 15 is 0 Å². The Bertz CT molecular complexity index is 766. The summed E-state index contributed by atoms with van der Waals surface area (Å²) in [4.78, 5) is 15.7. The molecule has 2 rings (SSSR count). The Kier molecular flexibility index (Phi) is 5.57. The largest absolute Gasteiger partial charge is 0.493 e. The van der Waals surface area contributed by atoms with Crippen molar-refractivity contribution in [1.29, 1.82) is 0 Å². The lowest BCUT2D eigenvalue weighted by Gasteiger charge is -2.11. The van der Waals surface area contributed by atoms with Gasteiger partial charge in [-0.05, 0) is 31.6 Å². The van der Waals surface area contributed by atoms with Gasteiger partial charge in [-0.3, -0.25) is 9.36 Å². The number of benzene rings is 1. The van der Waals surface area contributed by atoms with Gasteiger partial charge in [-0.15, -0.1) is 0 Å². The van der Waals surface area contributed by atoms with Crippen LogP contribution < -0.4 is 15.0 Å². The molecule has 7 heteroatoms. The van der Waals surface area contributed by atoms with Gasteiger partial charge in [-0.2, -0.15) is 0 Å². The molecule has 0 radical (unpaired) electrons. The number of methoxy groups -OCH3 is 2. The molecular formula is C15H20N2O4S. The molecule has 0 fully saturated rings. The second-order valence-electron chi connectivity index (χ2n) is 4.69. The number of hydrogen-bond donors (Lipinski definition) is 1. The van der Waals surface area contributed by atoms with Crippen molar-refractivity contribution in [2.45, 2.75) is 19.9 Å². The molecule has 0 atom stereocenters. The first-order valence-corrected chi connectivity index (χ1v) is 7.49. The zero-order valence-electron chi connectivity index (χ0n) is 13.0. The Hall–Kier alpha value is -1.86. The van der Waals surface area contributed by atoms with Gasteiger partial charge in [0.15, 0.2) is 16.3 Å². The average Bonchev–Trinajstić information content (AvgIpc) is 2.52. The van der Waals surface area contributed by atoms with Crippen molar-refractivity contribution >= 4 is 23.1 Å². The smallest absolute Gasteiger partial charge is 0.262 e. The average molecular weight is 324 g/mol. The maximum Gasteiger partial charge on any atom is 0.262 e. The first kappa shape index (κ1) is 16.5. The van der Waals surface area contributed by atoms with Gasteiger partial charge < -0.3 is 19.2 Å². The fourth-order valence-electron chi connectivity index (χ4n) is 2.25. The van der Waals surface area contributed by atoms with Crippen LogP contribution in [-0.2, 0) is 11.3 Å². The molecule has 22 heavy (non-hydrogen) atoms. The van der Waals surface area contributed by atoms with Crippen molar-refractivity contribution in [1.82, 2.24) is 9.55 Å². The maximum absolute atomic E-state index is 12.6. The van der Waals surface area contributed by atoms with Crippen LogP contribution in [0.4, 0.5) is 0 Å². The van der Waals surface area contributed by atoms with Gasteiger partial charge in [0, 0.05) is 25.8 Å². The van der Waals surface area contributed by atoms with E-state index in [1.165, 1.54) is 7.11 Å². The van der Waals surface area contributed by atoms with E-state index in [2.05, 4.69) is 4.98 Å². The summed E-state index contributed by atoms with van der Waals surface area (Å²) in [6.07, 6.45) is 0.726. The van der Waals surface area contributed by atoms with Gasteiger partial charge in [-0.1, -0.05) is 0 Å². The first-order valence-electron chi connectivity index (χ1n) is 7.09. The SMILES string of the molecule is CCOCCCn1c(=S)[nH]c2cc(OC)c(OC)cc2c1=O. The van der Waals surface area contributed by atoms with E-state index in [1.54, 1.807) is 23.8 Å². The number of H-pyrrole nitrogens is 1. The topological polar surface area (TPSA) is 65.5 Å². The molecule has 1 aromatic heterocycles.